The number of benzene rings is 1. The molecule has 17 heavy (non-hydrogen) atoms. The van der Waals surface area contributed by atoms with Gasteiger partial charge in [0.2, 0.25) is 0 Å². The Bertz CT molecular complexity index is 552. The van der Waals surface area contributed by atoms with Crippen LogP contribution in [0.1, 0.15) is 12.0 Å². The SMILES string of the molecule is Nc1cnccc1-c1ccc2c(c1)CCCO2. The van der Waals surface area contributed by atoms with E-state index in [-0.39, 0.29) is 0 Å². The van der Waals surface area contributed by atoms with Crippen LogP contribution in [0, 0.1) is 0 Å². The molecule has 2 aromatic rings. The highest BCUT2D eigenvalue weighted by molar-refractivity contribution is 5.76. The molecule has 0 unspecified atom stereocenters. The van der Waals surface area contributed by atoms with E-state index in [1.807, 2.05) is 12.1 Å². The number of nitrogens with zero attached hydrogens (tertiary/aromatic N) is 1. The quantitative estimate of drug-likeness (QED) is 0.813. The van der Waals surface area contributed by atoms with Crippen LogP contribution in [0.4, 0.5) is 5.69 Å². The fraction of sp³-hybridized carbons (Fsp3) is 0.214. The minimum atomic E-state index is 0.712. The predicted octanol–water partition coefficient (Wildman–Crippen LogP) is 2.66. The van der Waals surface area contributed by atoms with Crippen LogP contribution in [0.25, 0.3) is 11.1 Å². The third-order valence-electron chi connectivity index (χ3n) is 3.07. The van der Waals surface area contributed by atoms with Crippen LogP contribution in [0.3, 0.4) is 0 Å². The summed E-state index contributed by atoms with van der Waals surface area (Å²) in [7, 11) is 0. The fourth-order valence-electron chi connectivity index (χ4n) is 2.20. The topological polar surface area (TPSA) is 48.1 Å². The van der Waals surface area contributed by atoms with Crippen LogP contribution in [-0.2, 0) is 6.42 Å². The number of pyridine rings is 1. The number of aromatic nitrogens is 1. The Balaban J connectivity index is 2.07. The molecule has 2 N–H and O–H groups in total. The van der Waals surface area contributed by atoms with Crippen LogP contribution in [0.15, 0.2) is 36.7 Å². The first-order valence-electron chi connectivity index (χ1n) is 5.80. The highest BCUT2D eigenvalue weighted by atomic mass is 16.5. The minimum Gasteiger partial charge on any atom is -0.493 e. The Morgan fingerprint density at radius 2 is 2.18 bits per heavy atom. The van der Waals surface area contributed by atoms with E-state index in [1.54, 1.807) is 12.4 Å². The summed E-state index contributed by atoms with van der Waals surface area (Å²) in [5.41, 5.74) is 10.1. The fourth-order valence-corrected chi connectivity index (χ4v) is 2.20. The number of hydrogen-bond acceptors (Lipinski definition) is 3. The van der Waals surface area contributed by atoms with Crippen LogP contribution < -0.4 is 10.5 Å². The van der Waals surface area contributed by atoms with Gasteiger partial charge in [-0.2, -0.15) is 0 Å². The van der Waals surface area contributed by atoms with Crippen LogP contribution in [0.5, 0.6) is 5.75 Å². The van der Waals surface area contributed by atoms with Crippen molar-refractivity contribution in [3.05, 3.63) is 42.2 Å². The number of nitrogen functional groups attached to an aromatic ring is 1. The van der Waals surface area contributed by atoms with Gasteiger partial charge in [0.25, 0.3) is 0 Å². The van der Waals surface area contributed by atoms with Gasteiger partial charge in [-0.1, -0.05) is 6.07 Å². The lowest BCUT2D eigenvalue weighted by atomic mass is 9.99. The molecule has 0 saturated carbocycles. The second kappa shape index (κ2) is 4.09. The molecule has 0 bridgehead atoms. The second-order valence-corrected chi connectivity index (χ2v) is 4.24. The van der Waals surface area contributed by atoms with E-state index < -0.39 is 0 Å². The lowest BCUT2D eigenvalue weighted by molar-refractivity contribution is 0.288. The van der Waals surface area contributed by atoms with Crippen molar-refractivity contribution in [2.75, 3.05) is 12.3 Å². The van der Waals surface area contributed by atoms with Gasteiger partial charge in [0.05, 0.1) is 18.5 Å². The molecule has 0 aliphatic carbocycles. The molecule has 0 amide bonds. The number of nitrogens with two attached hydrogens (primary N) is 1. The largest absolute Gasteiger partial charge is 0.493 e. The van der Waals surface area contributed by atoms with Gasteiger partial charge in [0.15, 0.2) is 0 Å². The molecule has 1 aliphatic heterocycles. The Hall–Kier alpha value is -2.03. The first kappa shape index (κ1) is 10.1. The van der Waals surface area contributed by atoms with E-state index in [0.717, 1.165) is 36.3 Å². The lowest BCUT2D eigenvalue weighted by Crippen LogP contribution is -2.08. The van der Waals surface area contributed by atoms with Crippen molar-refractivity contribution in [2.45, 2.75) is 12.8 Å². The molecule has 0 radical (unpaired) electrons. The first-order valence-corrected chi connectivity index (χ1v) is 5.80. The van der Waals surface area contributed by atoms with Gasteiger partial charge in [0.1, 0.15) is 5.75 Å². The highest BCUT2D eigenvalue weighted by Gasteiger charge is 2.11. The van der Waals surface area contributed by atoms with E-state index in [2.05, 4.69) is 17.1 Å². The van der Waals surface area contributed by atoms with Crippen molar-refractivity contribution in [3.63, 3.8) is 0 Å². The lowest BCUT2D eigenvalue weighted by Gasteiger charge is -2.18. The van der Waals surface area contributed by atoms with Gasteiger partial charge >= 0.3 is 0 Å². The van der Waals surface area contributed by atoms with E-state index in [4.69, 9.17) is 10.5 Å². The number of rotatable bonds is 1. The molecule has 0 saturated heterocycles. The summed E-state index contributed by atoms with van der Waals surface area (Å²) in [5, 5.41) is 0. The van der Waals surface area contributed by atoms with Gasteiger partial charge in [-0.05, 0) is 42.2 Å². The van der Waals surface area contributed by atoms with Crippen molar-refractivity contribution >= 4 is 5.69 Å². The van der Waals surface area contributed by atoms with Crippen molar-refractivity contribution in [3.8, 4) is 16.9 Å². The van der Waals surface area contributed by atoms with E-state index >= 15 is 0 Å². The molecule has 1 aromatic heterocycles. The van der Waals surface area contributed by atoms with Crippen LogP contribution in [-0.4, -0.2) is 11.6 Å². The summed E-state index contributed by atoms with van der Waals surface area (Å²) in [5.74, 6) is 1.01. The average Bonchev–Trinajstić information content (AvgIpc) is 2.39. The summed E-state index contributed by atoms with van der Waals surface area (Å²) < 4.78 is 5.60. The van der Waals surface area contributed by atoms with Crippen LogP contribution in [0.2, 0.25) is 0 Å². The Morgan fingerprint density at radius 3 is 3.06 bits per heavy atom. The number of anilines is 1. The molecular weight excluding hydrogens is 212 g/mol. The molecular formula is C14H14N2O. The summed E-state index contributed by atoms with van der Waals surface area (Å²) in [4.78, 5) is 4.01. The smallest absolute Gasteiger partial charge is 0.122 e. The summed E-state index contributed by atoms with van der Waals surface area (Å²) in [6, 6.07) is 8.19. The van der Waals surface area contributed by atoms with Crippen molar-refractivity contribution < 1.29 is 4.74 Å². The maximum absolute atomic E-state index is 5.93. The Labute approximate surface area is 100 Å². The number of ether oxygens (including phenoxy) is 1. The summed E-state index contributed by atoms with van der Waals surface area (Å²) >= 11 is 0. The molecule has 0 atom stereocenters. The normalized spacial score (nSPS) is 13.9. The highest BCUT2D eigenvalue weighted by Crippen LogP contribution is 2.31. The molecule has 0 spiro atoms. The monoisotopic (exact) mass is 226 g/mol. The molecule has 3 rings (SSSR count). The van der Waals surface area contributed by atoms with Crippen molar-refractivity contribution in [1.82, 2.24) is 4.98 Å². The standard InChI is InChI=1S/C14H14N2O/c15-13-9-16-6-5-12(13)10-3-4-14-11(8-10)2-1-7-17-14/h3-6,8-9H,1-2,7,15H2. The zero-order valence-electron chi connectivity index (χ0n) is 9.52. The summed E-state index contributed by atoms with van der Waals surface area (Å²) in [6.07, 6.45) is 5.61. The zero-order chi connectivity index (χ0) is 11.7. The first-order chi connectivity index (χ1) is 8.34. The molecule has 1 aliphatic rings. The molecule has 1 aromatic carbocycles. The van der Waals surface area contributed by atoms with E-state index in [1.165, 1.54) is 5.56 Å². The molecule has 3 nitrogen and oxygen atoms in total. The maximum Gasteiger partial charge on any atom is 0.122 e. The van der Waals surface area contributed by atoms with Crippen molar-refractivity contribution in [1.29, 1.82) is 0 Å². The van der Waals surface area contributed by atoms with Crippen LogP contribution >= 0.6 is 0 Å². The number of aryl methyl sites for hydroxylation is 1. The third kappa shape index (κ3) is 1.84. The van der Waals surface area contributed by atoms with Gasteiger partial charge in [0, 0.05) is 11.8 Å². The van der Waals surface area contributed by atoms with Crippen molar-refractivity contribution in [2.24, 2.45) is 0 Å². The Morgan fingerprint density at radius 1 is 1.24 bits per heavy atom. The number of hydrogen-bond donors (Lipinski definition) is 1. The third-order valence-corrected chi connectivity index (χ3v) is 3.07. The second-order valence-electron chi connectivity index (χ2n) is 4.24. The zero-order valence-corrected chi connectivity index (χ0v) is 9.52. The number of fused-ring (bicyclic) bond motifs is 1. The van der Waals surface area contributed by atoms with E-state index in [9.17, 15) is 0 Å². The van der Waals surface area contributed by atoms with Gasteiger partial charge in [-0.25, -0.2) is 0 Å². The molecule has 86 valence electrons. The average molecular weight is 226 g/mol. The molecule has 0 fully saturated rings. The van der Waals surface area contributed by atoms with Gasteiger partial charge in [-0.3, -0.25) is 4.98 Å². The Kier molecular flexibility index (Phi) is 2.44. The van der Waals surface area contributed by atoms with E-state index in [0.29, 0.717) is 5.69 Å². The maximum atomic E-state index is 5.93. The molecule has 3 heteroatoms. The van der Waals surface area contributed by atoms with Gasteiger partial charge < -0.3 is 10.5 Å². The van der Waals surface area contributed by atoms with Gasteiger partial charge in [-0.15, -0.1) is 0 Å². The predicted molar refractivity (Wildman–Crippen MR) is 67.9 cm³/mol. The minimum absolute atomic E-state index is 0.712. The molecule has 2 heterocycles. The summed E-state index contributed by atoms with van der Waals surface area (Å²) in [6.45, 7) is 0.823.